The summed E-state index contributed by atoms with van der Waals surface area (Å²) < 4.78 is 67.2. The van der Waals surface area contributed by atoms with E-state index in [2.05, 4.69) is 30.3 Å². The van der Waals surface area contributed by atoms with Gasteiger partial charge in [0.05, 0.1) is 18.4 Å². The monoisotopic (exact) mass is 360 g/mol. The molecule has 1 N–H and O–H groups in total. The first-order valence-corrected chi connectivity index (χ1v) is 6.76. The average molecular weight is 360 g/mol. The second kappa shape index (κ2) is 6.45. The van der Waals surface area contributed by atoms with Gasteiger partial charge in [0, 0.05) is 0 Å². The van der Waals surface area contributed by atoms with E-state index in [1.165, 1.54) is 24.3 Å². The van der Waals surface area contributed by atoms with Crippen molar-refractivity contribution in [2.24, 2.45) is 0 Å². The van der Waals surface area contributed by atoms with Crippen molar-refractivity contribution < 1.29 is 26.7 Å². The van der Waals surface area contributed by atoms with Crippen LogP contribution in [0.15, 0.2) is 30.5 Å². The number of pyridine rings is 1. The lowest BCUT2D eigenvalue weighted by molar-refractivity contribution is -0.146. The Balaban J connectivity index is 1.73. The number of alkyl halides is 5. The molecule has 0 saturated carbocycles. The number of fused-ring (bicyclic) bond motifs is 1. The first kappa shape index (κ1) is 16.8. The fourth-order valence-corrected chi connectivity index (χ4v) is 1.93. The van der Waals surface area contributed by atoms with Crippen molar-refractivity contribution in [2.45, 2.75) is 19.3 Å². The van der Waals surface area contributed by atoms with Gasteiger partial charge in [0.25, 0.3) is 5.82 Å². The number of aromatic nitrogens is 5. The topological polar surface area (TPSA) is 77.2 Å². The van der Waals surface area contributed by atoms with Crippen LogP contribution < -0.4 is 10.1 Å². The maximum absolute atomic E-state index is 12.8. The van der Waals surface area contributed by atoms with E-state index in [4.69, 9.17) is 0 Å². The maximum atomic E-state index is 12.8. The van der Waals surface area contributed by atoms with Gasteiger partial charge in [0.2, 0.25) is 0 Å². The number of hydrogen-bond acceptors (Lipinski definition) is 6. The van der Waals surface area contributed by atoms with Gasteiger partial charge >= 0.3 is 12.8 Å². The van der Waals surface area contributed by atoms with Crippen molar-refractivity contribution in [3.05, 3.63) is 42.0 Å². The molecular formula is C13H9F5N6O. The third-order valence-electron chi connectivity index (χ3n) is 2.99. The molecule has 132 valence electrons. The van der Waals surface area contributed by atoms with E-state index in [0.29, 0.717) is 10.2 Å². The molecule has 7 nitrogen and oxygen atoms in total. The molecule has 3 aromatic heterocycles. The molecule has 0 saturated heterocycles. The van der Waals surface area contributed by atoms with Gasteiger partial charge in [-0.15, -0.1) is 15.3 Å². The lowest BCUT2D eigenvalue weighted by Gasteiger charge is -2.08. The van der Waals surface area contributed by atoms with E-state index < -0.39 is 18.6 Å². The zero-order chi connectivity index (χ0) is 18.0. The molecule has 0 spiro atoms. The van der Waals surface area contributed by atoms with Crippen LogP contribution in [0.5, 0.6) is 5.75 Å². The Hall–Kier alpha value is -3.05. The second-order valence-corrected chi connectivity index (χ2v) is 4.73. The van der Waals surface area contributed by atoms with Gasteiger partial charge in [-0.3, -0.25) is 4.98 Å². The molecule has 3 aromatic rings. The molecule has 3 rings (SSSR count). The molecule has 0 unspecified atom stereocenters. The number of rotatable bonds is 5. The number of halogens is 5. The summed E-state index contributed by atoms with van der Waals surface area (Å²) in [5, 5.41) is 13.0. The summed E-state index contributed by atoms with van der Waals surface area (Å²) >= 11 is 0. The molecule has 12 heteroatoms. The maximum Gasteiger partial charge on any atom is 0.453 e. The highest BCUT2D eigenvalue weighted by Crippen LogP contribution is 2.27. The fourth-order valence-electron chi connectivity index (χ4n) is 1.93. The lowest BCUT2D eigenvalue weighted by Crippen LogP contribution is -2.13. The molecule has 0 fully saturated rings. The van der Waals surface area contributed by atoms with Gasteiger partial charge in [-0.25, -0.2) is 0 Å². The average Bonchev–Trinajstić information content (AvgIpc) is 2.97. The minimum Gasteiger partial charge on any atom is -0.433 e. The van der Waals surface area contributed by atoms with Gasteiger partial charge in [0.1, 0.15) is 11.6 Å². The molecule has 0 amide bonds. The van der Waals surface area contributed by atoms with E-state index >= 15 is 0 Å². The third kappa shape index (κ3) is 3.89. The smallest absolute Gasteiger partial charge is 0.433 e. The van der Waals surface area contributed by atoms with Gasteiger partial charge in [-0.2, -0.15) is 26.5 Å². The predicted molar refractivity (Wildman–Crippen MR) is 74.0 cm³/mol. The van der Waals surface area contributed by atoms with Crippen LogP contribution in [-0.2, 0) is 12.7 Å². The number of nitrogens with zero attached hydrogens (tertiary/aromatic N) is 5. The quantitative estimate of drug-likeness (QED) is 0.705. The first-order chi connectivity index (χ1) is 11.8. The highest BCUT2D eigenvalue weighted by atomic mass is 19.4. The standard InChI is InChI=1S/C13H9F5N6O/c14-12(15)25-8-2-1-7(19-6-8)5-20-9-3-4-10-21-22-11(13(16,17)18)24(10)23-9/h1-4,6,12H,5H2,(H,20,23). The molecule has 3 heterocycles. The van der Waals surface area contributed by atoms with Crippen molar-refractivity contribution in [2.75, 3.05) is 5.32 Å². The second-order valence-electron chi connectivity index (χ2n) is 4.73. The Kier molecular flexibility index (Phi) is 4.33. The Labute approximate surface area is 136 Å². The predicted octanol–water partition coefficient (Wildman–Crippen LogP) is 2.75. The van der Waals surface area contributed by atoms with E-state index in [-0.39, 0.29) is 23.8 Å². The highest BCUT2D eigenvalue weighted by molar-refractivity contribution is 5.44. The molecule has 0 atom stereocenters. The third-order valence-corrected chi connectivity index (χ3v) is 2.99. The van der Waals surface area contributed by atoms with E-state index in [9.17, 15) is 22.0 Å². The van der Waals surface area contributed by atoms with Crippen molar-refractivity contribution in [1.82, 2.24) is 24.8 Å². The van der Waals surface area contributed by atoms with Crippen LogP contribution in [-0.4, -0.2) is 31.4 Å². The van der Waals surface area contributed by atoms with Crippen LogP contribution in [0.25, 0.3) is 5.65 Å². The molecule has 0 aliphatic rings. The van der Waals surface area contributed by atoms with Crippen LogP contribution in [0.2, 0.25) is 0 Å². The SMILES string of the molecule is FC(F)Oc1ccc(CNc2ccc3nnc(C(F)(F)F)n3n2)nc1. The van der Waals surface area contributed by atoms with Crippen molar-refractivity contribution >= 4 is 11.5 Å². The first-order valence-electron chi connectivity index (χ1n) is 6.76. The Morgan fingerprint density at radius 2 is 1.92 bits per heavy atom. The number of nitrogens with one attached hydrogen (secondary N) is 1. The van der Waals surface area contributed by atoms with Crippen LogP contribution >= 0.6 is 0 Å². The van der Waals surface area contributed by atoms with Crippen LogP contribution in [0.3, 0.4) is 0 Å². The summed E-state index contributed by atoms with van der Waals surface area (Å²) in [4.78, 5) is 3.90. The van der Waals surface area contributed by atoms with Gasteiger partial charge in [-0.05, 0) is 24.3 Å². The normalized spacial score (nSPS) is 11.9. The highest BCUT2D eigenvalue weighted by Gasteiger charge is 2.37. The Morgan fingerprint density at radius 3 is 2.56 bits per heavy atom. The molecule has 0 aliphatic heterocycles. The molecule has 0 aliphatic carbocycles. The summed E-state index contributed by atoms with van der Waals surface area (Å²) in [6.45, 7) is -2.84. The van der Waals surface area contributed by atoms with E-state index in [1.807, 2.05) is 0 Å². The molecule has 25 heavy (non-hydrogen) atoms. The van der Waals surface area contributed by atoms with Crippen molar-refractivity contribution in [3.63, 3.8) is 0 Å². The zero-order valence-corrected chi connectivity index (χ0v) is 12.2. The zero-order valence-electron chi connectivity index (χ0n) is 12.2. The van der Waals surface area contributed by atoms with E-state index in [0.717, 1.165) is 6.20 Å². The largest absolute Gasteiger partial charge is 0.453 e. The van der Waals surface area contributed by atoms with E-state index in [1.54, 1.807) is 0 Å². The van der Waals surface area contributed by atoms with Crippen LogP contribution in [0, 0.1) is 0 Å². The minimum absolute atomic E-state index is 0.0514. The van der Waals surface area contributed by atoms with Crippen molar-refractivity contribution in [3.8, 4) is 5.75 Å². The summed E-state index contributed by atoms with van der Waals surface area (Å²) in [7, 11) is 0. The summed E-state index contributed by atoms with van der Waals surface area (Å²) in [5.41, 5.74) is 0.396. The number of hydrogen-bond donors (Lipinski definition) is 1. The van der Waals surface area contributed by atoms with Gasteiger partial charge in [-0.1, -0.05) is 0 Å². The molecule has 0 aromatic carbocycles. The van der Waals surface area contributed by atoms with Crippen LogP contribution in [0.1, 0.15) is 11.5 Å². The fraction of sp³-hybridized carbons (Fsp3) is 0.231. The summed E-state index contributed by atoms with van der Waals surface area (Å²) in [5.74, 6) is -1.21. The Bertz CT molecular complexity index is 863. The Morgan fingerprint density at radius 1 is 1.12 bits per heavy atom. The summed E-state index contributed by atoms with van der Waals surface area (Å²) in [6.07, 6.45) is -3.57. The van der Waals surface area contributed by atoms with Crippen molar-refractivity contribution in [1.29, 1.82) is 0 Å². The molecule has 0 bridgehead atoms. The lowest BCUT2D eigenvalue weighted by atomic mass is 10.3. The molecular weight excluding hydrogens is 351 g/mol. The van der Waals surface area contributed by atoms with Gasteiger partial charge in [0.15, 0.2) is 5.65 Å². The minimum atomic E-state index is -4.69. The summed E-state index contributed by atoms with van der Waals surface area (Å²) in [6, 6.07) is 5.49. The molecule has 0 radical (unpaired) electrons. The van der Waals surface area contributed by atoms with Gasteiger partial charge < -0.3 is 10.1 Å². The number of ether oxygens (including phenoxy) is 1. The number of anilines is 1. The van der Waals surface area contributed by atoms with Crippen LogP contribution in [0.4, 0.5) is 27.8 Å².